The van der Waals surface area contributed by atoms with E-state index in [2.05, 4.69) is 22.5 Å². The first-order valence-corrected chi connectivity index (χ1v) is 8.91. The SMILES string of the molecule is C=CCOC(=O)/C=C/c1cc(Cl)c(OCc2cccc(Br)c2)c(OC)c1. The van der Waals surface area contributed by atoms with Gasteiger partial charge in [-0.1, -0.05) is 52.3 Å². The van der Waals surface area contributed by atoms with Crippen molar-refractivity contribution in [3.63, 3.8) is 0 Å². The van der Waals surface area contributed by atoms with Crippen LogP contribution in [0.15, 0.2) is 59.6 Å². The Morgan fingerprint density at radius 2 is 2.12 bits per heavy atom. The van der Waals surface area contributed by atoms with E-state index in [0.29, 0.717) is 28.7 Å². The lowest BCUT2D eigenvalue weighted by atomic mass is 10.2. The van der Waals surface area contributed by atoms with Gasteiger partial charge in [-0.25, -0.2) is 4.79 Å². The van der Waals surface area contributed by atoms with Crippen LogP contribution < -0.4 is 9.47 Å². The summed E-state index contributed by atoms with van der Waals surface area (Å²) in [6.45, 7) is 4.00. The summed E-state index contributed by atoms with van der Waals surface area (Å²) in [5.74, 6) is 0.460. The number of halogens is 2. The van der Waals surface area contributed by atoms with Gasteiger partial charge in [0.15, 0.2) is 11.5 Å². The molecule has 0 N–H and O–H groups in total. The minimum atomic E-state index is -0.463. The van der Waals surface area contributed by atoms with E-state index in [1.807, 2.05) is 24.3 Å². The van der Waals surface area contributed by atoms with Crippen LogP contribution in [-0.4, -0.2) is 19.7 Å². The Labute approximate surface area is 166 Å². The van der Waals surface area contributed by atoms with Crippen LogP contribution in [0.1, 0.15) is 11.1 Å². The Kier molecular flexibility index (Phi) is 7.75. The van der Waals surface area contributed by atoms with E-state index in [9.17, 15) is 4.79 Å². The van der Waals surface area contributed by atoms with E-state index in [0.717, 1.165) is 10.0 Å². The number of carbonyl (C=O) groups is 1. The fraction of sp³-hybridized carbons (Fsp3) is 0.150. The van der Waals surface area contributed by atoms with Crippen LogP contribution in [0.25, 0.3) is 6.08 Å². The molecule has 0 saturated heterocycles. The fourth-order valence-corrected chi connectivity index (χ4v) is 2.83. The molecule has 0 heterocycles. The molecule has 0 saturated carbocycles. The summed E-state index contributed by atoms with van der Waals surface area (Å²) in [7, 11) is 1.53. The van der Waals surface area contributed by atoms with Crippen LogP contribution in [0.5, 0.6) is 11.5 Å². The van der Waals surface area contributed by atoms with E-state index in [-0.39, 0.29) is 6.61 Å². The molecule has 4 nitrogen and oxygen atoms in total. The standard InChI is InChI=1S/C20H18BrClO4/c1-3-9-25-19(23)8-7-14-11-17(22)20(18(12-14)24-2)26-13-15-5-4-6-16(21)10-15/h3-8,10-12H,1,9,13H2,2H3/b8-7+. The molecule has 0 amide bonds. The highest BCUT2D eigenvalue weighted by molar-refractivity contribution is 9.10. The average Bonchev–Trinajstić information content (AvgIpc) is 2.63. The zero-order chi connectivity index (χ0) is 18.9. The van der Waals surface area contributed by atoms with E-state index >= 15 is 0 Å². The van der Waals surface area contributed by atoms with Gasteiger partial charge in [0.25, 0.3) is 0 Å². The maximum Gasteiger partial charge on any atom is 0.331 e. The molecule has 0 aromatic heterocycles. The summed E-state index contributed by atoms with van der Waals surface area (Å²) in [6.07, 6.45) is 4.41. The summed E-state index contributed by atoms with van der Waals surface area (Å²) in [5.41, 5.74) is 1.68. The van der Waals surface area contributed by atoms with Gasteiger partial charge in [0.05, 0.1) is 12.1 Å². The lowest BCUT2D eigenvalue weighted by Gasteiger charge is -2.13. The Bertz CT molecular complexity index is 817. The molecule has 0 unspecified atom stereocenters. The maximum absolute atomic E-state index is 11.5. The van der Waals surface area contributed by atoms with Crippen LogP contribution in [-0.2, 0) is 16.1 Å². The monoisotopic (exact) mass is 436 g/mol. The highest BCUT2D eigenvalue weighted by Gasteiger charge is 2.12. The second-order valence-electron chi connectivity index (χ2n) is 5.20. The van der Waals surface area contributed by atoms with Crippen LogP contribution in [0, 0.1) is 0 Å². The number of benzene rings is 2. The Morgan fingerprint density at radius 3 is 2.81 bits per heavy atom. The third kappa shape index (κ3) is 5.93. The highest BCUT2D eigenvalue weighted by Crippen LogP contribution is 2.37. The lowest BCUT2D eigenvalue weighted by molar-refractivity contribution is -0.136. The van der Waals surface area contributed by atoms with Gasteiger partial charge in [-0.2, -0.15) is 0 Å². The predicted molar refractivity (Wildman–Crippen MR) is 107 cm³/mol. The van der Waals surface area contributed by atoms with Crippen molar-refractivity contribution in [1.82, 2.24) is 0 Å². The first-order valence-electron chi connectivity index (χ1n) is 7.74. The maximum atomic E-state index is 11.5. The third-order valence-electron chi connectivity index (χ3n) is 3.28. The molecule has 2 aromatic carbocycles. The van der Waals surface area contributed by atoms with E-state index in [4.69, 9.17) is 25.8 Å². The Hall–Kier alpha value is -2.24. The zero-order valence-electron chi connectivity index (χ0n) is 14.2. The van der Waals surface area contributed by atoms with Crippen molar-refractivity contribution in [2.45, 2.75) is 6.61 Å². The van der Waals surface area contributed by atoms with Gasteiger partial charge in [0.2, 0.25) is 0 Å². The number of hydrogen-bond donors (Lipinski definition) is 0. The molecule has 6 heteroatoms. The molecule has 0 atom stereocenters. The second-order valence-corrected chi connectivity index (χ2v) is 6.53. The van der Waals surface area contributed by atoms with Gasteiger partial charge in [-0.15, -0.1) is 0 Å². The largest absolute Gasteiger partial charge is 0.493 e. The van der Waals surface area contributed by atoms with Crippen LogP contribution >= 0.6 is 27.5 Å². The average molecular weight is 438 g/mol. The molecule has 0 aliphatic rings. The van der Waals surface area contributed by atoms with Crippen molar-refractivity contribution in [2.24, 2.45) is 0 Å². The van der Waals surface area contributed by atoms with Crippen molar-refractivity contribution >= 4 is 39.6 Å². The predicted octanol–water partition coefficient (Wildman–Crippen LogP) is 5.43. The van der Waals surface area contributed by atoms with Crippen molar-refractivity contribution in [3.8, 4) is 11.5 Å². The van der Waals surface area contributed by atoms with Crippen LogP contribution in [0.2, 0.25) is 5.02 Å². The molecule has 2 aromatic rings. The Balaban J connectivity index is 2.14. The molecular formula is C20H18BrClO4. The third-order valence-corrected chi connectivity index (χ3v) is 4.05. The van der Waals surface area contributed by atoms with Gasteiger partial charge >= 0.3 is 5.97 Å². The lowest BCUT2D eigenvalue weighted by Crippen LogP contribution is -2.00. The number of carbonyl (C=O) groups excluding carboxylic acids is 1. The molecule has 0 fully saturated rings. The molecule has 0 radical (unpaired) electrons. The minimum absolute atomic E-state index is 0.162. The van der Waals surface area contributed by atoms with Crippen molar-refractivity contribution in [2.75, 3.05) is 13.7 Å². The minimum Gasteiger partial charge on any atom is -0.493 e. The number of hydrogen-bond acceptors (Lipinski definition) is 4. The molecule has 136 valence electrons. The van der Waals surface area contributed by atoms with Gasteiger partial charge in [-0.05, 0) is 41.5 Å². The number of ether oxygens (including phenoxy) is 3. The molecule has 0 spiro atoms. The van der Waals surface area contributed by atoms with Crippen LogP contribution in [0.4, 0.5) is 0 Å². The normalized spacial score (nSPS) is 10.6. The van der Waals surface area contributed by atoms with Crippen molar-refractivity contribution in [1.29, 1.82) is 0 Å². The topological polar surface area (TPSA) is 44.8 Å². The summed E-state index contributed by atoms with van der Waals surface area (Å²) in [4.78, 5) is 11.5. The molecule has 0 aliphatic heterocycles. The molecule has 2 rings (SSSR count). The molecule has 26 heavy (non-hydrogen) atoms. The van der Waals surface area contributed by atoms with Gasteiger partial charge in [0, 0.05) is 10.5 Å². The van der Waals surface area contributed by atoms with E-state index in [1.165, 1.54) is 19.3 Å². The van der Waals surface area contributed by atoms with Gasteiger partial charge < -0.3 is 14.2 Å². The first-order chi connectivity index (χ1) is 12.5. The fourth-order valence-electron chi connectivity index (χ4n) is 2.11. The smallest absolute Gasteiger partial charge is 0.331 e. The molecule has 0 aliphatic carbocycles. The zero-order valence-corrected chi connectivity index (χ0v) is 16.5. The van der Waals surface area contributed by atoms with Gasteiger partial charge in [-0.3, -0.25) is 0 Å². The quantitative estimate of drug-likeness (QED) is 0.314. The number of methoxy groups -OCH3 is 1. The van der Waals surface area contributed by atoms with Crippen LogP contribution in [0.3, 0.4) is 0 Å². The summed E-state index contributed by atoms with van der Waals surface area (Å²) in [5, 5.41) is 0.387. The number of rotatable bonds is 8. The molecule has 0 bridgehead atoms. The number of esters is 1. The Morgan fingerprint density at radius 1 is 1.31 bits per heavy atom. The summed E-state index contributed by atoms with van der Waals surface area (Å²) >= 11 is 9.76. The first kappa shape index (κ1) is 20.1. The van der Waals surface area contributed by atoms with Crippen molar-refractivity contribution in [3.05, 3.63) is 75.8 Å². The van der Waals surface area contributed by atoms with Gasteiger partial charge in [0.1, 0.15) is 13.2 Å². The van der Waals surface area contributed by atoms with E-state index < -0.39 is 5.97 Å². The molecular weight excluding hydrogens is 420 g/mol. The van der Waals surface area contributed by atoms with E-state index in [1.54, 1.807) is 18.2 Å². The van der Waals surface area contributed by atoms with Crippen molar-refractivity contribution < 1.29 is 19.0 Å². The second kappa shape index (κ2) is 10.0. The summed E-state index contributed by atoms with van der Waals surface area (Å²) in [6, 6.07) is 11.2. The summed E-state index contributed by atoms with van der Waals surface area (Å²) < 4.78 is 17.1. The highest BCUT2D eigenvalue weighted by atomic mass is 79.9.